The maximum absolute atomic E-state index is 6.37. The standard InChI is InChI=1S/C52H33NO2/c1-3-13-39(14-4-1)53(40-15-5-2-6-16-40)48-28-27-41(42-17-7-8-18-43(42)48)38-30-36(34-23-25-46-44-19-9-11-21-49(44)54-51(46)32-34)29-37(31-38)35-24-26-47-45-20-10-12-22-50(45)55-52(47)33-35/h1-33H. The summed E-state index contributed by atoms with van der Waals surface area (Å²) in [6, 6.07) is 71.1. The summed E-state index contributed by atoms with van der Waals surface area (Å²) in [6.45, 7) is 0. The normalized spacial score (nSPS) is 11.6. The summed E-state index contributed by atoms with van der Waals surface area (Å²) in [7, 11) is 0. The minimum Gasteiger partial charge on any atom is -0.456 e. The molecule has 0 spiro atoms. The van der Waals surface area contributed by atoms with E-state index in [-0.39, 0.29) is 0 Å². The van der Waals surface area contributed by atoms with Gasteiger partial charge in [-0.15, -0.1) is 0 Å². The van der Waals surface area contributed by atoms with Gasteiger partial charge in [0.05, 0.1) is 5.69 Å². The van der Waals surface area contributed by atoms with Crippen molar-refractivity contribution in [1.29, 1.82) is 0 Å². The summed E-state index contributed by atoms with van der Waals surface area (Å²) in [4.78, 5) is 2.35. The fraction of sp³-hybridized carbons (Fsp3) is 0. The zero-order valence-corrected chi connectivity index (χ0v) is 29.8. The van der Waals surface area contributed by atoms with Gasteiger partial charge in [-0.05, 0) is 124 Å². The van der Waals surface area contributed by atoms with Crippen LogP contribution in [-0.4, -0.2) is 0 Å². The Hall–Kier alpha value is -7.36. The third-order valence-electron chi connectivity index (χ3n) is 10.8. The summed E-state index contributed by atoms with van der Waals surface area (Å²) in [6.07, 6.45) is 0. The second-order valence-corrected chi connectivity index (χ2v) is 14.1. The molecule has 2 heterocycles. The molecule has 0 saturated heterocycles. The van der Waals surface area contributed by atoms with E-state index >= 15 is 0 Å². The Morgan fingerprint density at radius 2 is 0.709 bits per heavy atom. The van der Waals surface area contributed by atoms with Crippen molar-refractivity contribution in [1.82, 2.24) is 0 Å². The Bertz CT molecular complexity index is 3040. The molecule has 0 radical (unpaired) electrons. The predicted molar refractivity (Wildman–Crippen MR) is 229 cm³/mol. The molecule has 0 aliphatic heterocycles. The van der Waals surface area contributed by atoms with Gasteiger partial charge < -0.3 is 13.7 Å². The molecule has 11 aromatic rings. The molecule has 0 fully saturated rings. The Morgan fingerprint density at radius 1 is 0.273 bits per heavy atom. The van der Waals surface area contributed by atoms with E-state index in [1.807, 2.05) is 24.3 Å². The average molecular weight is 704 g/mol. The van der Waals surface area contributed by atoms with Crippen molar-refractivity contribution >= 4 is 71.7 Å². The lowest BCUT2D eigenvalue weighted by atomic mass is 9.90. The molecule has 2 aromatic heterocycles. The average Bonchev–Trinajstić information content (AvgIpc) is 3.82. The van der Waals surface area contributed by atoms with Crippen molar-refractivity contribution in [2.24, 2.45) is 0 Å². The van der Waals surface area contributed by atoms with E-state index in [4.69, 9.17) is 8.83 Å². The first-order chi connectivity index (χ1) is 27.2. The van der Waals surface area contributed by atoms with Gasteiger partial charge in [0.15, 0.2) is 0 Å². The monoisotopic (exact) mass is 703 g/mol. The van der Waals surface area contributed by atoms with Crippen LogP contribution in [-0.2, 0) is 0 Å². The topological polar surface area (TPSA) is 29.5 Å². The third kappa shape index (κ3) is 5.28. The second-order valence-electron chi connectivity index (χ2n) is 14.1. The lowest BCUT2D eigenvalue weighted by molar-refractivity contribution is 0.668. The van der Waals surface area contributed by atoms with Crippen molar-refractivity contribution in [3.63, 3.8) is 0 Å². The fourth-order valence-corrected chi connectivity index (χ4v) is 8.24. The molecule has 0 aliphatic rings. The van der Waals surface area contributed by atoms with E-state index < -0.39 is 0 Å². The highest BCUT2D eigenvalue weighted by atomic mass is 16.3. The van der Waals surface area contributed by atoms with Crippen LogP contribution in [0, 0.1) is 0 Å². The maximum Gasteiger partial charge on any atom is 0.136 e. The zero-order chi connectivity index (χ0) is 36.3. The van der Waals surface area contributed by atoms with E-state index in [0.717, 1.165) is 94.3 Å². The number of benzene rings is 9. The number of para-hydroxylation sites is 4. The van der Waals surface area contributed by atoms with Crippen LogP contribution in [0.15, 0.2) is 209 Å². The van der Waals surface area contributed by atoms with Crippen molar-refractivity contribution in [3.8, 4) is 33.4 Å². The highest BCUT2D eigenvalue weighted by Gasteiger charge is 2.19. The molecule has 0 aliphatic carbocycles. The highest BCUT2D eigenvalue weighted by Crippen LogP contribution is 2.44. The van der Waals surface area contributed by atoms with Gasteiger partial charge in [0, 0.05) is 38.3 Å². The lowest BCUT2D eigenvalue weighted by Crippen LogP contribution is -2.10. The number of hydrogen-bond acceptors (Lipinski definition) is 3. The van der Waals surface area contributed by atoms with Crippen LogP contribution in [0.4, 0.5) is 17.1 Å². The summed E-state index contributed by atoms with van der Waals surface area (Å²) in [5, 5.41) is 6.85. The van der Waals surface area contributed by atoms with Gasteiger partial charge in [0.1, 0.15) is 22.3 Å². The molecule has 258 valence electrons. The lowest BCUT2D eigenvalue weighted by Gasteiger charge is -2.27. The van der Waals surface area contributed by atoms with E-state index in [0.29, 0.717) is 0 Å². The molecule has 0 unspecified atom stereocenters. The minimum absolute atomic E-state index is 0.881. The number of furan rings is 2. The van der Waals surface area contributed by atoms with Gasteiger partial charge in [0.2, 0.25) is 0 Å². The number of nitrogens with zero attached hydrogens (tertiary/aromatic N) is 1. The second kappa shape index (κ2) is 12.6. The smallest absolute Gasteiger partial charge is 0.136 e. The summed E-state index contributed by atoms with van der Waals surface area (Å²) >= 11 is 0. The van der Waals surface area contributed by atoms with Crippen molar-refractivity contribution in [2.75, 3.05) is 4.90 Å². The van der Waals surface area contributed by atoms with Crippen LogP contribution < -0.4 is 4.90 Å². The molecule has 0 saturated carbocycles. The molecule has 0 bridgehead atoms. The molecule has 0 N–H and O–H groups in total. The SMILES string of the molecule is c1ccc(N(c2ccccc2)c2ccc(-c3cc(-c4ccc5c(c4)oc4ccccc45)cc(-c4ccc5c(c4)oc4ccccc45)c3)c3ccccc23)cc1. The Labute approximate surface area is 317 Å². The fourth-order valence-electron chi connectivity index (χ4n) is 8.24. The van der Waals surface area contributed by atoms with Gasteiger partial charge in [-0.3, -0.25) is 0 Å². The maximum atomic E-state index is 6.37. The first-order valence-corrected chi connectivity index (χ1v) is 18.7. The molecule has 3 nitrogen and oxygen atoms in total. The molecule has 9 aromatic carbocycles. The van der Waals surface area contributed by atoms with Crippen LogP contribution in [0.25, 0.3) is 88.0 Å². The molecular weight excluding hydrogens is 671 g/mol. The Morgan fingerprint density at radius 3 is 1.25 bits per heavy atom. The van der Waals surface area contributed by atoms with Gasteiger partial charge in [-0.2, -0.15) is 0 Å². The predicted octanol–water partition coefficient (Wildman–Crippen LogP) is 15.1. The van der Waals surface area contributed by atoms with Crippen molar-refractivity contribution in [2.45, 2.75) is 0 Å². The van der Waals surface area contributed by atoms with Crippen LogP contribution >= 0.6 is 0 Å². The van der Waals surface area contributed by atoms with Gasteiger partial charge in [0.25, 0.3) is 0 Å². The van der Waals surface area contributed by atoms with Gasteiger partial charge >= 0.3 is 0 Å². The van der Waals surface area contributed by atoms with Crippen molar-refractivity contribution < 1.29 is 8.83 Å². The first kappa shape index (κ1) is 31.2. The number of hydrogen-bond donors (Lipinski definition) is 0. The molecule has 3 heteroatoms. The largest absolute Gasteiger partial charge is 0.456 e. The van der Waals surface area contributed by atoms with E-state index in [1.165, 1.54) is 10.8 Å². The van der Waals surface area contributed by atoms with Gasteiger partial charge in [-0.25, -0.2) is 0 Å². The highest BCUT2D eigenvalue weighted by molar-refractivity contribution is 6.09. The Kier molecular flexibility index (Phi) is 7.17. The number of rotatable bonds is 6. The van der Waals surface area contributed by atoms with Crippen molar-refractivity contribution in [3.05, 3.63) is 200 Å². The van der Waals surface area contributed by atoms with Gasteiger partial charge in [-0.1, -0.05) is 115 Å². The number of fused-ring (bicyclic) bond motifs is 7. The summed E-state index contributed by atoms with van der Waals surface area (Å²) in [5.41, 5.74) is 13.6. The molecule has 55 heavy (non-hydrogen) atoms. The van der Waals surface area contributed by atoms with Crippen LogP contribution in [0.1, 0.15) is 0 Å². The first-order valence-electron chi connectivity index (χ1n) is 18.7. The summed E-state index contributed by atoms with van der Waals surface area (Å²) < 4.78 is 12.7. The van der Waals surface area contributed by atoms with Crippen LogP contribution in [0.3, 0.4) is 0 Å². The molecular formula is C52H33NO2. The molecule has 0 amide bonds. The number of anilines is 3. The van der Waals surface area contributed by atoms with Crippen LogP contribution in [0.5, 0.6) is 0 Å². The van der Waals surface area contributed by atoms with E-state index in [1.54, 1.807) is 0 Å². The minimum atomic E-state index is 0.881. The Balaban J connectivity index is 1.12. The zero-order valence-electron chi connectivity index (χ0n) is 29.8. The van der Waals surface area contributed by atoms with Crippen LogP contribution in [0.2, 0.25) is 0 Å². The summed E-state index contributed by atoms with van der Waals surface area (Å²) in [5.74, 6) is 0. The quantitative estimate of drug-likeness (QED) is 0.173. The van der Waals surface area contributed by atoms with E-state index in [9.17, 15) is 0 Å². The molecule has 0 atom stereocenters. The third-order valence-corrected chi connectivity index (χ3v) is 10.8. The van der Waals surface area contributed by atoms with E-state index in [2.05, 4.69) is 181 Å². The molecule has 11 rings (SSSR count).